The van der Waals surface area contributed by atoms with Crippen molar-refractivity contribution < 1.29 is 58.1 Å². The molecule has 2 aromatic heterocycles. The molecule has 47 heavy (non-hydrogen) atoms. The number of rotatable bonds is 11. The zero-order valence-electron chi connectivity index (χ0n) is 24.8. The molecule has 20 heteroatoms. The fourth-order valence-electron chi connectivity index (χ4n) is 5.37. The van der Waals surface area contributed by atoms with E-state index in [1.165, 1.54) is 6.20 Å². The smallest absolute Gasteiger partial charge is 0.273 e. The summed E-state index contributed by atoms with van der Waals surface area (Å²) in [5.74, 6) is -5.13. The van der Waals surface area contributed by atoms with E-state index < -0.39 is 96.2 Å². The number of carbonyl (C=O) groups excluding carboxylic acids is 1. The standard InChI is InChI=1S/C27H34F3N7O9S/c1-2-3-4-31-25(44)15-8-37(35-33-15)20-22(41)17(10-39)46-27(24(20)43)47-26-23(42)19(21(40)16(9-38)45-26)36-7-14(32-34-36)11-5-12(28)18(30)13(29)6-11/h5-8,16-17,19-24,26-27,38-43H,2-4,9-10H2,1H3,(H,31,44)/t16?,17-,19?,20?,21+,22?,23?,24-,26+,27+/m1/s1. The number of carbonyl (C=O) groups is 1. The summed E-state index contributed by atoms with van der Waals surface area (Å²) in [6, 6.07) is -1.26. The third kappa shape index (κ3) is 7.15. The number of halogens is 3. The average Bonchev–Trinajstić information content (AvgIpc) is 3.73. The van der Waals surface area contributed by atoms with Crippen molar-refractivity contribution in [3.63, 3.8) is 0 Å². The first-order valence-corrected chi connectivity index (χ1v) is 15.6. The number of aliphatic hydroxyl groups excluding tert-OH is 6. The van der Waals surface area contributed by atoms with Crippen molar-refractivity contribution >= 4 is 17.7 Å². The predicted molar refractivity (Wildman–Crippen MR) is 154 cm³/mol. The number of aliphatic hydroxyl groups is 6. The van der Waals surface area contributed by atoms with Gasteiger partial charge in [-0.25, -0.2) is 22.5 Å². The lowest BCUT2D eigenvalue weighted by Crippen LogP contribution is -2.58. The van der Waals surface area contributed by atoms with Crippen LogP contribution in [-0.2, 0) is 9.47 Å². The van der Waals surface area contributed by atoms with Gasteiger partial charge in [0.05, 0.1) is 25.6 Å². The minimum atomic E-state index is -1.68. The number of benzene rings is 1. The Hall–Kier alpha value is -3.21. The zero-order valence-corrected chi connectivity index (χ0v) is 25.6. The van der Waals surface area contributed by atoms with E-state index in [1.54, 1.807) is 0 Å². The van der Waals surface area contributed by atoms with Crippen LogP contribution >= 0.6 is 11.8 Å². The molecular weight excluding hydrogens is 655 g/mol. The topological polar surface area (TPSA) is 230 Å². The van der Waals surface area contributed by atoms with E-state index in [0.717, 1.165) is 28.4 Å². The molecule has 2 aliphatic rings. The molecule has 2 aliphatic heterocycles. The van der Waals surface area contributed by atoms with E-state index >= 15 is 0 Å². The van der Waals surface area contributed by atoms with Crippen LogP contribution in [0.3, 0.4) is 0 Å². The lowest BCUT2D eigenvalue weighted by Gasteiger charge is -2.46. The molecule has 3 aromatic rings. The van der Waals surface area contributed by atoms with Crippen molar-refractivity contribution in [2.75, 3.05) is 19.8 Å². The maximum Gasteiger partial charge on any atom is 0.273 e. The van der Waals surface area contributed by atoms with Gasteiger partial charge in [-0.2, -0.15) is 0 Å². The second-order valence-corrected chi connectivity index (χ2v) is 12.3. The summed E-state index contributed by atoms with van der Waals surface area (Å²) in [6.07, 6.45) is -4.96. The molecule has 2 saturated heterocycles. The van der Waals surface area contributed by atoms with Crippen LogP contribution in [0.5, 0.6) is 0 Å². The molecule has 5 rings (SSSR count). The summed E-state index contributed by atoms with van der Waals surface area (Å²) in [7, 11) is 0. The second kappa shape index (κ2) is 14.9. The Bertz CT molecular complexity index is 1510. The van der Waals surface area contributed by atoms with E-state index in [0.29, 0.717) is 30.4 Å². The summed E-state index contributed by atoms with van der Waals surface area (Å²) in [5, 5.41) is 82.5. The van der Waals surface area contributed by atoms with Gasteiger partial charge in [-0.3, -0.25) is 4.79 Å². The van der Waals surface area contributed by atoms with Crippen LogP contribution in [0.25, 0.3) is 11.3 Å². The Balaban J connectivity index is 1.37. The van der Waals surface area contributed by atoms with Crippen LogP contribution < -0.4 is 5.32 Å². The van der Waals surface area contributed by atoms with Crippen LogP contribution in [-0.4, -0.2) is 134 Å². The van der Waals surface area contributed by atoms with Crippen molar-refractivity contribution in [3.8, 4) is 11.3 Å². The van der Waals surface area contributed by atoms with Gasteiger partial charge in [0.15, 0.2) is 23.1 Å². The minimum Gasteiger partial charge on any atom is -0.394 e. The quantitative estimate of drug-likeness (QED) is 0.0935. The number of nitrogens with zero attached hydrogens (tertiary/aromatic N) is 6. The van der Waals surface area contributed by atoms with Crippen LogP contribution in [0.4, 0.5) is 13.2 Å². The molecule has 258 valence electrons. The van der Waals surface area contributed by atoms with E-state index in [9.17, 15) is 48.6 Å². The van der Waals surface area contributed by atoms with Gasteiger partial charge in [-0.05, 0) is 18.6 Å². The number of ether oxygens (including phenoxy) is 2. The average molecular weight is 690 g/mol. The van der Waals surface area contributed by atoms with Gasteiger partial charge in [0.1, 0.15) is 65.3 Å². The van der Waals surface area contributed by atoms with E-state index in [4.69, 9.17) is 9.47 Å². The molecule has 0 bridgehead atoms. The molecule has 16 nitrogen and oxygen atoms in total. The number of amides is 1. The predicted octanol–water partition coefficient (Wildman–Crippen LogP) is -1.12. The van der Waals surface area contributed by atoms with Gasteiger partial charge in [0.2, 0.25) is 0 Å². The molecule has 1 amide bonds. The lowest BCUT2D eigenvalue weighted by atomic mass is 9.97. The van der Waals surface area contributed by atoms with Gasteiger partial charge in [-0.15, -0.1) is 10.2 Å². The van der Waals surface area contributed by atoms with Crippen molar-refractivity contribution in [2.24, 2.45) is 0 Å². The molecule has 0 spiro atoms. The minimum absolute atomic E-state index is 0.0799. The van der Waals surface area contributed by atoms with Crippen molar-refractivity contribution in [2.45, 2.75) is 79.3 Å². The summed E-state index contributed by atoms with van der Waals surface area (Å²) in [4.78, 5) is 12.5. The molecular formula is C27H34F3N7O9S. The zero-order chi connectivity index (χ0) is 34.0. The maximum atomic E-state index is 13.8. The normalized spacial score (nSPS) is 31.2. The van der Waals surface area contributed by atoms with Crippen LogP contribution in [0.1, 0.15) is 42.3 Å². The number of thioether (sulfide) groups is 1. The van der Waals surface area contributed by atoms with Gasteiger partial charge in [-0.1, -0.05) is 35.5 Å². The third-order valence-electron chi connectivity index (χ3n) is 7.92. The van der Waals surface area contributed by atoms with Gasteiger partial charge < -0.3 is 45.4 Å². The SMILES string of the molecule is CCCCNC(=O)c1cn(C2C(O)[C@@H](CO)O[C@@H](S[C@@H]3OC(CO)[C@H](O)C(n4cc(-c5cc(F)c(F)c(F)c5)nn4)C3O)[C@@H]2O)nn1. The Kier molecular flexibility index (Phi) is 11.1. The number of hydrogen-bond acceptors (Lipinski definition) is 14. The highest BCUT2D eigenvalue weighted by atomic mass is 32.2. The molecule has 4 heterocycles. The molecule has 1 aromatic carbocycles. The molecule has 5 unspecified atom stereocenters. The largest absolute Gasteiger partial charge is 0.394 e. The Labute approximate surface area is 269 Å². The van der Waals surface area contributed by atoms with E-state index in [-0.39, 0.29) is 17.0 Å². The molecule has 7 N–H and O–H groups in total. The Morgan fingerprint density at radius 1 is 0.872 bits per heavy atom. The fourth-order valence-corrected chi connectivity index (χ4v) is 6.69. The number of hydrogen-bond donors (Lipinski definition) is 7. The molecule has 0 saturated carbocycles. The number of nitrogens with one attached hydrogen (secondary N) is 1. The van der Waals surface area contributed by atoms with Gasteiger partial charge in [0.25, 0.3) is 5.91 Å². The first-order valence-electron chi connectivity index (χ1n) is 14.7. The van der Waals surface area contributed by atoms with Crippen molar-refractivity contribution in [1.29, 1.82) is 0 Å². The van der Waals surface area contributed by atoms with Crippen LogP contribution in [0.2, 0.25) is 0 Å². The lowest BCUT2D eigenvalue weighted by molar-refractivity contribution is -0.189. The van der Waals surface area contributed by atoms with E-state index in [2.05, 4.69) is 25.9 Å². The van der Waals surface area contributed by atoms with Crippen LogP contribution in [0.15, 0.2) is 24.5 Å². The second-order valence-electron chi connectivity index (χ2n) is 11.1. The summed E-state index contributed by atoms with van der Waals surface area (Å²) < 4.78 is 54.7. The van der Waals surface area contributed by atoms with Crippen molar-refractivity contribution in [1.82, 2.24) is 35.3 Å². The third-order valence-corrected chi connectivity index (χ3v) is 9.24. The van der Waals surface area contributed by atoms with Gasteiger partial charge >= 0.3 is 0 Å². The Morgan fingerprint density at radius 2 is 1.40 bits per heavy atom. The van der Waals surface area contributed by atoms with Gasteiger partial charge in [0, 0.05) is 12.1 Å². The van der Waals surface area contributed by atoms with Crippen LogP contribution in [0, 0.1) is 17.5 Å². The first kappa shape index (κ1) is 35.1. The molecule has 0 radical (unpaired) electrons. The van der Waals surface area contributed by atoms with E-state index in [1.807, 2.05) is 6.92 Å². The molecule has 0 aliphatic carbocycles. The summed E-state index contributed by atoms with van der Waals surface area (Å²) in [5.41, 5.74) is -3.05. The monoisotopic (exact) mass is 689 g/mol. The highest BCUT2D eigenvalue weighted by Crippen LogP contribution is 2.42. The highest BCUT2D eigenvalue weighted by Gasteiger charge is 2.51. The van der Waals surface area contributed by atoms with Crippen molar-refractivity contribution in [3.05, 3.63) is 47.7 Å². The Morgan fingerprint density at radius 3 is 1.94 bits per heavy atom. The molecule has 10 atom stereocenters. The number of aromatic nitrogens is 6. The summed E-state index contributed by atoms with van der Waals surface area (Å²) >= 11 is 0.700. The summed E-state index contributed by atoms with van der Waals surface area (Å²) in [6.45, 7) is 0.943. The fraction of sp³-hybridized carbons (Fsp3) is 0.593. The number of unbranched alkanes of at least 4 members (excludes halogenated alkanes) is 1. The maximum absolute atomic E-state index is 13.8. The highest BCUT2D eigenvalue weighted by molar-refractivity contribution is 8.00. The molecule has 2 fully saturated rings. The first-order chi connectivity index (χ1) is 22.5.